The molecular formula is C19H29FN3O2+. The molecule has 1 unspecified atom stereocenters. The van der Waals surface area contributed by atoms with Crippen LogP contribution in [0, 0.1) is 17.7 Å². The van der Waals surface area contributed by atoms with Gasteiger partial charge in [-0.1, -0.05) is 26.7 Å². The van der Waals surface area contributed by atoms with Crippen LogP contribution in [0.15, 0.2) is 24.3 Å². The largest absolute Gasteiger partial charge is 0.348 e. The summed E-state index contributed by atoms with van der Waals surface area (Å²) in [6, 6.07) is 5.86. The van der Waals surface area contributed by atoms with E-state index in [0.29, 0.717) is 17.5 Å². The van der Waals surface area contributed by atoms with Crippen molar-refractivity contribution < 1.29 is 18.9 Å². The molecule has 1 aliphatic carbocycles. The molecule has 0 bridgehead atoms. The second kappa shape index (κ2) is 8.94. The highest BCUT2D eigenvalue weighted by molar-refractivity contribution is 5.91. The molecule has 4 atom stereocenters. The molecule has 0 heterocycles. The van der Waals surface area contributed by atoms with Crippen molar-refractivity contribution in [1.82, 2.24) is 5.32 Å². The Bertz CT molecular complexity index is 591. The van der Waals surface area contributed by atoms with E-state index in [9.17, 15) is 14.0 Å². The molecule has 2 rings (SSSR count). The fraction of sp³-hybridized carbons (Fsp3) is 0.579. The molecule has 5 nitrogen and oxygen atoms in total. The molecule has 1 aliphatic rings. The molecule has 25 heavy (non-hydrogen) atoms. The van der Waals surface area contributed by atoms with Gasteiger partial charge in [-0.2, -0.15) is 0 Å². The number of quaternary nitrogens is 1. The predicted octanol–water partition coefficient (Wildman–Crippen LogP) is 1.22. The number of anilines is 1. The van der Waals surface area contributed by atoms with Crippen LogP contribution in [0.4, 0.5) is 10.1 Å². The van der Waals surface area contributed by atoms with Crippen LogP contribution in [0.5, 0.6) is 0 Å². The summed E-state index contributed by atoms with van der Waals surface area (Å²) in [6.45, 7) is 4.87. The molecule has 2 amide bonds. The van der Waals surface area contributed by atoms with Gasteiger partial charge in [0.05, 0.1) is 7.05 Å². The normalized spacial score (nSPS) is 24.4. The van der Waals surface area contributed by atoms with Crippen LogP contribution in [0.25, 0.3) is 0 Å². The molecule has 0 aliphatic heterocycles. The molecule has 138 valence electrons. The lowest BCUT2D eigenvalue weighted by molar-refractivity contribution is -0.862. The first kappa shape index (κ1) is 19.4. The van der Waals surface area contributed by atoms with Crippen LogP contribution in [0.3, 0.4) is 0 Å². The highest BCUT2D eigenvalue weighted by atomic mass is 19.1. The second-order valence-corrected chi connectivity index (χ2v) is 7.31. The second-order valence-electron chi connectivity index (χ2n) is 7.31. The molecule has 0 saturated heterocycles. The fourth-order valence-corrected chi connectivity index (χ4v) is 3.39. The molecule has 1 aromatic rings. The number of carbonyl (C=O) groups excluding carboxylic acids is 2. The summed E-state index contributed by atoms with van der Waals surface area (Å²) in [7, 11) is 1.82. The summed E-state index contributed by atoms with van der Waals surface area (Å²) in [5, 5.41) is 5.84. The van der Waals surface area contributed by atoms with Gasteiger partial charge in [0.25, 0.3) is 11.8 Å². The van der Waals surface area contributed by atoms with Crippen molar-refractivity contribution in [3.8, 4) is 0 Å². The number of benzene rings is 1. The quantitative estimate of drug-likeness (QED) is 0.722. The number of hydrogen-bond donors (Lipinski definition) is 3. The van der Waals surface area contributed by atoms with E-state index in [4.69, 9.17) is 0 Å². The first-order valence-corrected chi connectivity index (χ1v) is 9.01. The van der Waals surface area contributed by atoms with Gasteiger partial charge in [0, 0.05) is 11.7 Å². The lowest BCUT2D eigenvalue weighted by Gasteiger charge is -2.34. The third-order valence-corrected chi connectivity index (χ3v) is 5.11. The van der Waals surface area contributed by atoms with Gasteiger partial charge in [-0.05, 0) is 42.5 Å². The van der Waals surface area contributed by atoms with Crippen LogP contribution in [0.1, 0.15) is 33.1 Å². The molecule has 0 spiro atoms. The van der Waals surface area contributed by atoms with E-state index in [1.807, 2.05) is 7.05 Å². The minimum atomic E-state index is -0.344. The lowest BCUT2D eigenvalue weighted by atomic mass is 9.78. The van der Waals surface area contributed by atoms with Crippen molar-refractivity contribution in [1.29, 1.82) is 0 Å². The average Bonchev–Trinajstić information content (AvgIpc) is 2.53. The molecule has 3 N–H and O–H groups in total. The minimum absolute atomic E-state index is 0.0157. The molecule has 1 saturated carbocycles. The highest BCUT2D eigenvalue weighted by Crippen LogP contribution is 2.29. The summed E-state index contributed by atoms with van der Waals surface area (Å²) in [4.78, 5) is 25.1. The topological polar surface area (TPSA) is 62.6 Å². The van der Waals surface area contributed by atoms with Crippen molar-refractivity contribution in [3.05, 3.63) is 30.1 Å². The van der Waals surface area contributed by atoms with E-state index in [2.05, 4.69) is 24.5 Å². The zero-order chi connectivity index (χ0) is 18.4. The fourth-order valence-electron chi connectivity index (χ4n) is 3.39. The van der Waals surface area contributed by atoms with E-state index in [1.165, 1.54) is 30.7 Å². The Morgan fingerprint density at radius 1 is 1.12 bits per heavy atom. The van der Waals surface area contributed by atoms with Crippen LogP contribution in [-0.4, -0.2) is 38.0 Å². The van der Waals surface area contributed by atoms with Crippen LogP contribution in [-0.2, 0) is 9.59 Å². The first-order chi connectivity index (χ1) is 11.8. The van der Waals surface area contributed by atoms with E-state index in [1.54, 1.807) is 0 Å². The number of nitrogens with one attached hydrogen (secondary N) is 3. The van der Waals surface area contributed by atoms with Gasteiger partial charge in [-0.15, -0.1) is 0 Å². The molecule has 1 fully saturated rings. The van der Waals surface area contributed by atoms with E-state index < -0.39 is 0 Å². The summed E-state index contributed by atoms with van der Waals surface area (Å²) in [6.07, 6.45) is 3.41. The van der Waals surface area contributed by atoms with Gasteiger partial charge in [0.2, 0.25) is 0 Å². The van der Waals surface area contributed by atoms with Gasteiger partial charge < -0.3 is 15.5 Å². The van der Waals surface area contributed by atoms with Crippen LogP contribution in [0.2, 0.25) is 0 Å². The summed E-state index contributed by atoms with van der Waals surface area (Å²) >= 11 is 0. The molecular weight excluding hydrogens is 321 g/mol. The molecule has 6 heteroatoms. The number of halogens is 1. The number of likely N-dealkylation sites (N-methyl/N-ethyl adjacent to an activating group) is 1. The van der Waals surface area contributed by atoms with Crippen molar-refractivity contribution in [2.45, 2.75) is 39.2 Å². The Morgan fingerprint density at radius 2 is 1.76 bits per heavy atom. The van der Waals surface area contributed by atoms with Crippen molar-refractivity contribution in [3.63, 3.8) is 0 Å². The Morgan fingerprint density at radius 3 is 2.44 bits per heavy atom. The first-order valence-electron chi connectivity index (χ1n) is 9.01. The van der Waals surface area contributed by atoms with E-state index in [-0.39, 0.29) is 36.8 Å². The zero-order valence-corrected chi connectivity index (χ0v) is 15.3. The maximum atomic E-state index is 12.9. The van der Waals surface area contributed by atoms with Gasteiger partial charge in [0.1, 0.15) is 5.82 Å². The zero-order valence-electron chi connectivity index (χ0n) is 15.3. The van der Waals surface area contributed by atoms with E-state index >= 15 is 0 Å². The SMILES string of the molecule is C[C@H]1[C@@H](NC(=O)C[NH+](C)CC(=O)Nc2ccc(F)cc2)CCC[C@@H]1C. The third kappa shape index (κ3) is 6.12. The number of carbonyl (C=O) groups is 2. The van der Waals surface area contributed by atoms with Crippen LogP contribution >= 0.6 is 0 Å². The average molecular weight is 350 g/mol. The molecule has 0 radical (unpaired) electrons. The smallest absolute Gasteiger partial charge is 0.279 e. The Kier molecular flexibility index (Phi) is 6.93. The maximum Gasteiger partial charge on any atom is 0.279 e. The summed E-state index contributed by atoms with van der Waals surface area (Å²) in [5.74, 6) is 0.559. The standard InChI is InChI=1S/C19H28FN3O2/c1-13-5-4-6-17(14(13)2)22-19(25)12-23(3)11-18(24)21-16-9-7-15(20)8-10-16/h7-10,13-14,17H,4-6,11-12H2,1-3H3,(H,21,24)(H,22,25)/p+1/t13-,14+,17-/m0/s1. The van der Waals surface area contributed by atoms with Crippen LogP contribution < -0.4 is 15.5 Å². The minimum Gasteiger partial charge on any atom is -0.348 e. The number of hydrogen-bond acceptors (Lipinski definition) is 2. The Balaban J connectivity index is 1.75. The van der Waals surface area contributed by atoms with Crippen molar-refractivity contribution in [2.75, 3.05) is 25.5 Å². The molecule has 1 aromatic carbocycles. The van der Waals surface area contributed by atoms with Gasteiger partial charge >= 0.3 is 0 Å². The third-order valence-electron chi connectivity index (χ3n) is 5.11. The monoisotopic (exact) mass is 350 g/mol. The predicted molar refractivity (Wildman–Crippen MR) is 95.8 cm³/mol. The Hall–Kier alpha value is -1.95. The lowest BCUT2D eigenvalue weighted by Crippen LogP contribution is -3.11. The summed E-state index contributed by atoms with van der Waals surface area (Å²) < 4.78 is 12.9. The van der Waals surface area contributed by atoms with Crippen molar-refractivity contribution >= 4 is 17.5 Å². The number of rotatable bonds is 6. The van der Waals surface area contributed by atoms with Gasteiger partial charge in [0.15, 0.2) is 13.1 Å². The summed E-state index contributed by atoms with van der Waals surface area (Å²) in [5.41, 5.74) is 0.550. The van der Waals surface area contributed by atoms with Crippen molar-refractivity contribution in [2.24, 2.45) is 11.8 Å². The maximum absolute atomic E-state index is 12.9. The Labute approximate surface area is 149 Å². The van der Waals surface area contributed by atoms with E-state index in [0.717, 1.165) is 17.7 Å². The van der Waals surface area contributed by atoms with Gasteiger partial charge in [-0.3, -0.25) is 9.59 Å². The molecule has 0 aromatic heterocycles. The van der Waals surface area contributed by atoms with Gasteiger partial charge in [-0.25, -0.2) is 4.39 Å². The highest BCUT2D eigenvalue weighted by Gasteiger charge is 2.28. The number of amides is 2.